The van der Waals surface area contributed by atoms with Gasteiger partial charge in [-0.05, 0) is 31.0 Å². The molecular formula is C12H17NO4. The molecule has 1 rings (SSSR count). The Morgan fingerprint density at radius 3 is 2.65 bits per heavy atom. The summed E-state index contributed by atoms with van der Waals surface area (Å²) in [6, 6.07) is 2.62. The molecular weight excluding hydrogens is 222 g/mol. The number of phenolic OH excluding ortho intramolecular Hbond substituents is 2. The van der Waals surface area contributed by atoms with Gasteiger partial charge in [0.1, 0.15) is 0 Å². The van der Waals surface area contributed by atoms with Crippen LogP contribution in [0.3, 0.4) is 0 Å². The zero-order chi connectivity index (χ0) is 12.8. The molecule has 0 unspecified atom stereocenters. The number of hydrogen-bond acceptors (Lipinski definition) is 4. The highest BCUT2D eigenvalue weighted by molar-refractivity contribution is 5.96. The first-order valence-electron chi connectivity index (χ1n) is 5.36. The van der Waals surface area contributed by atoms with Crippen LogP contribution in [-0.2, 0) is 4.74 Å². The number of nitrogens with one attached hydrogen (secondary N) is 1. The predicted octanol–water partition coefficient (Wildman–Crippen LogP) is 1.17. The maximum Gasteiger partial charge on any atom is 0.251 e. The van der Waals surface area contributed by atoms with Crippen molar-refractivity contribution < 1.29 is 19.7 Å². The molecule has 5 heteroatoms. The van der Waals surface area contributed by atoms with E-state index in [-0.39, 0.29) is 17.4 Å². The van der Waals surface area contributed by atoms with Gasteiger partial charge >= 0.3 is 0 Å². The highest BCUT2D eigenvalue weighted by Crippen LogP contribution is 2.27. The van der Waals surface area contributed by atoms with Crippen molar-refractivity contribution in [1.29, 1.82) is 0 Å². The second kappa shape index (κ2) is 6.10. The van der Waals surface area contributed by atoms with Gasteiger partial charge in [-0.1, -0.05) is 0 Å². The number of methoxy groups -OCH3 is 1. The summed E-state index contributed by atoms with van der Waals surface area (Å²) in [5.74, 6) is -0.787. The first-order chi connectivity index (χ1) is 8.06. The Balaban J connectivity index is 2.66. The summed E-state index contributed by atoms with van der Waals surface area (Å²) in [5, 5.41) is 21.3. The van der Waals surface area contributed by atoms with Gasteiger partial charge in [0, 0.05) is 25.8 Å². The van der Waals surface area contributed by atoms with Gasteiger partial charge in [-0.15, -0.1) is 0 Å². The van der Waals surface area contributed by atoms with Gasteiger partial charge in [-0.3, -0.25) is 4.79 Å². The van der Waals surface area contributed by atoms with Crippen molar-refractivity contribution >= 4 is 5.91 Å². The first kappa shape index (κ1) is 13.3. The molecule has 3 N–H and O–H groups in total. The lowest BCUT2D eigenvalue weighted by Gasteiger charge is -2.08. The zero-order valence-electron chi connectivity index (χ0n) is 9.99. The fourth-order valence-corrected chi connectivity index (χ4v) is 1.44. The van der Waals surface area contributed by atoms with Gasteiger partial charge in [0.2, 0.25) is 0 Å². The highest BCUT2D eigenvalue weighted by atomic mass is 16.5. The minimum Gasteiger partial charge on any atom is -0.504 e. The summed E-state index contributed by atoms with van der Waals surface area (Å²) in [7, 11) is 1.60. The summed E-state index contributed by atoms with van der Waals surface area (Å²) in [5.41, 5.74) is 0.974. The van der Waals surface area contributed by atoms with Crippen LogP contribution >= 0.6 is 0 Å². The van der Waals surface area contributed by atoms with Crippen LogP contribution in [0.4, 0.5) is 0 Å². The van der Waals surface area contributed by atoms with Crippen LogP contribution in [-0.4, -0.2) is 36.4 Å². The number of hydrogen-bond donors (Lipinski definition) is 3. The third kappa shape index (κ3) is 3.64. The van der Waals surface area contributed by atoms with E-state index in [0.29, 0.717) is 24.3 Å². The molecule has 0 aliphatic carbocycles. The lowest BCUT2D eigenvalue weighted by Crippen LogP contribution is -2.25. The van der Waals surface area contributed by atoms with Crippen molar-refractivity contribution in [1.82, 2.24) is 5.32 Å². The molecule has 17 heavy (non-hydrogen) atoms. The van der Waals surface area contributed by atoms with E-state index in [1.807, 2.05) is 0 Å². The van der Waals surface area contributed by atoms with Crippen molar-refractivity contribution in [2.24, 2.45) is 0 Å². The largest absolute Gasteiger partial charge is 0.504 e. The van der Waals surface area contributed by atoms with Crippen LogP contribution < -0.4 is 5.32 Å². The molecule has 0 saturated heterocycles. The van der Waals surface area contributed by atoms with E-state index in [4.69, 9.17) is 4.74 Å². The third-order valence-electron chi connectivity index (χ3n) is 2.38. The Morgan fingerprint density at radius 2 is 2.00 bits per heavy atom. The molecule has 94 valence electrons. The lowest BCUT2D eigenvalue weighted by atomic mass is 10.1. The number of rotatable bonds is 5. The summed E-state index contributed by atoms with van der Waals surface area (Å²) >= 11 is 0. The van der Waals surface area contributed by atoms with Crippen LogP contribution in [0.15, 0.2) is 12.1 Å². The summed E-state index contributed by atoms with van der Waals surface area (Å²) in [6.45, 7) is 2.79. The monoisotopic (exact) mass is 239 g/mol. The standard InChI is InChI=1S/C12H17NO4/c1-8-6-10(14)11(15)7-9(8)12(16)13-4-3-5-17-2/h6-7,14-15H,3-5H2,1-2H3,(H,13,16). The quantitative estimate of drug-likeness (QED) is 0.532. The first-order valence-corrected chi connectivity index (χ1v) is 5.36. The van der Waals surface area contributed by atoms with Crippen molar-refractivity contribution in [3.05, 3.63) is 23.3 Å². The van der Waals surface area contributed by atoms with Gasteiger partial charge in [-0.2, -0.15) is 0 Å². The molecule has 0 aromatic heterocycles. The van der Waals surface area contributed by atoms with Crippen LogP contribution in [0.25, 0.3) is 0 Å². The zero-order valence-corrected chi connectivity index (χ0v) is 9.99. The molecule has 0 spiro atoms. The molecule has 1 aromatic carbocycles. The Kier molecular flexibility index (Phi) is 4.78. The minimum atomic E-state index is -0.294. The molecule has 0 fully saturated rings. The molecule has 0 bridgehead atoms. The van der Waals surface area contributed by atoms with Crippen LogP contribution in [0.2, 0.25) is 0 Å². The van der Waals surface area contributed by atoms with E-state index >= 15 is 0 Å². The van der Waals surface area contributed by atoms with Gasteiger partial charge in [-0.25, -0.2) is 0 Å². The van der Waals surface area contributed by atoms with Gasteiger partial charge in [0.05, 0.1) is 0 Å². The third-order valence-corrected chi connectivity index (χ3v) is 2.38. The number of aromatic hydroxyl groups is 2. The number of carbonyl (C=O) groups is 1. The number of amides is 1. The van der Waals surface area contributed by atoms with Crippen LogP contribution in [0, 0.1) is 6.92 Å². The van der Waals surface area contributed by atoms with Crippen molar-refractivity contribution in [3.8, 4) is 11.5 Å². The van der Waals surface area contributed by atoms with E-state index in [1.54, 1.807) is 14.0 Å². The SMILES string of the molecule is COCCCNC(=O)c1cc(O)c(O)cc1C. The smallest absolute Gasteiger partial charge is 0.251 e. The maximum absolute atomic E-state index is 11.7. The van der Waals surface area contributed by atoms with E-state index in [0.717, 1.165) is 6.42 Å². The molecule has 0 atom stereocenters. The molecule has 1 amide bonds. The van der Waals surface area contributed by atoms with E-state index in [1.165, 1.54) is 12.1 Å². The Labute approximate surface area is 100 Å². The Bertz CT molecular complexity index is 404. The predicted molar refractivity (Wildman–Crippen MR) is 63.3 cm³/mol. The van der Waals surface area contributed by atoms with Crippen molar-refractivity contribution in [2.45, 2.75) is 13.3 Å². The second-order valence-corrected chi connectivity index (χ2v) is 3.76. The Morgan fingerprint density at radius 1 is 1.35 bits per heavy atom. The molecule has 0 heterocycles. The molecule has 0 aliphatic rings. The minimum absolute atomic E-state index is 0.224. The van der Waals surface area contributed by atoms with E-state index < -0.39 is 0 Å². The van der Waals surface area contributed by atoms with Crippen LogP contribution in [0.1, 0.15) is 22.3 Å². The summed E-state index contributed by atoms with van der Waals surface area (Å²) in [6.07, 6.45) is 0.728. The fraction of sp³-hybridized carbons (Fsp3) is 0.417. The topological polar surface area (TPSA) is 78.8 Å². The fourth-order valence-electron chi connectivity index (χ4n) is 1.44. The molecule has 5 nitrogen and oxygen atoms in total. The Hall–Kier alpha value is -1.75. The van der Waals surface area contributed by atoms with Gasteiger partial charge < -0.3 is 20.3 Å². The van der Waals surface area contributed by atoms with E-state index in [2.05, 4.69) is 5.32 Å². The number of ether oxygens (including phenoxy) is 1. The van der Waals surface area contributed by atoms with Crippen molar-refractivity contribution in [3.63, 3.8) is 0 Å². The number of phenols is 2. The average molecular weight is 239 g/mol. The van der Waals surface area contributed by atoms with Crippen LogP contribution in [0.5, 0.6) is 11.5 Å². The summed E-state index contributed by atoms with van der Waals surface area (Å²) in [4.78, 5) is 11.7. The molecule has 0 saturated carbocycles. The lowest BCUT2D eigenvalue weighted by molar-refractivity contribution is 0.0947. The highest BCUT2D eigenvalue weighted by Gasteiger charge is 2.12. The maximum atomic E-state index is 11.7. The normalized spacial score (nSPS) is 10.2. The summed E-state index contributed by atoms with van der Waals surface area (Å²) < 4.78 is 4.86. The average Bonchev–Trinajstić information content (AvgIpc) is 2.29. The van der Waals surface area contributed by atoms with Crippen molar-refractivity contribution in [2.75, 3.05) is 20.3 Å². The number of carbonyl (C=O) groups excluding carboxylic acids is 1. The van der Waals surface area contributed by atoms with Gasteiger partial charge in [0.25, 0.3) is 5.91 Å². The number of aryl methyl sites for hydroxylation is 1. The van der Waals surface area contributed by atoms with Gasteiger partial charge in [0.15, 0.2) is 11.5 Å². The molecule has 0 radical (unpaired) electrons. The van der Waals surface area contributed by atoms with E-state index in [9.17, 15) is 15.0 Å². The molecule has 1 aromatic rings. The second-order valence-electron chi connectivity index (χ2n) is 3.76. The number of benzene rings is 1. The molecule has 0 aliphatic heterocycles.